The summed E-state index contributed by atoms with van der Waals surface area (Å²) in [5.74, 6) is -3.41. The number of carboxylic acid groups (broad SMARTS) is 2. The molecule has 2 heterocycles. The summed E-state index contributed by atoms with van der Waals surface area (Å²) < 4.78 is 34.6. The minimum Gasteiger partial charge on any atom is -0.481 e. The molecular weight excluding hydrogens is 679 g/mol. The number of carbonyl (C=O) groups is 3. The molecule has 2 aromatic carbocycles. The van der Waals surface area contributed by atoms with E-state index < -0.39 is 40.4 Å². The zero-order valence-electron chi connectivity index (χ0n) is 28.2. The van der Waals surface area contributed by atoms with Gasteiger partial charge in [0.1, 0.15) is 10.7 Å². The Morgan fingerprint density at radius 3 is 2.38 bits per heavy atom. The number of thiazole rings is 1. The van der Waals surface area contributed by atoms with E-state index in [1.165, 1.54) is 5.56 Å². The molecule has 0 saturated carbocycles. The van der Waals surface area contributed by atoms with Gasteiger partial charge in [-0.2, -0.15) is 13.0 Å². The second kappa shape index (κ2) is 17.4. The van der Waals surface area contributed by atoms with Crippen molar-refractivity contribution in [1.29, 1.82) is 0 Å². The summed E-state index contributed by atoms with van der Waals surface area (Å²) in [6, 6.07) is 14.8. The van der Waals surface area contributed by atoms with Crippen LogP contribution in [0.25, 0.3) is 16.3 Å². The van der Waals surface area contributed by atoms with E-state index in [-0.39, 0.29) is 17.6 Å². The molecule has 1 aromatic heterocycles. The van der Waals surface area contributed by atoms with Crippen LogP contribution in [0.1, 0.15) is 62.9 Å². The fraction of sp³-hybridized carbons (Fsp3) is 0.351. The SMILES string of the molecule is CC1(C)\C(=C/C=C/C=C/C=C/c2sc3ccccc3[n+]2CCCCS(=O)(=O)O)N(CCCCC(=O)NC(CC(=O)O)C(=O)O)c2ccccc21. The van der Waals surface area contributed by atoms with Crippen LogP contribution in [0.5, 0.6) is 0 Å². The van der Waals surface area contributed by atoms with Gasteiger partial charge >= 0.3 is 11.9 Å². The third-order valence-corrected chi connectivity index (χ3v) is 10.4. The number of carboxylic acids is 2. The van der Waals surface area contributed by atoms with Gasteiger partial charge in [-0.25, -0.2) is 4.79 Å². The average Bonchev–Trinajstić information content (AvgIpc) is 3.50. The summed E-state index contributed by atoms with van der Waals surface area (Å²) in [5.41, 5.74) is 4.22. The van der Waals surface area contributed by atoms with Crippen molar-refractivity contribution in [3.8, 4) is 0 Å². The molecule has 0 radical (unpaired) electrons. The number of aromatic nitrogens is 1. The number of unbranched alkanes of at least 4 members (excludes halogenated alkanes) is 2. The maximum atomic E-state index is 12.3. The van der Waals surface area contributed by atoms with E-state index in [1.54, 1.807) is 11.3 Å². The number of benzene rings is 2. The Morgan fingerprint density at radius 2 is 1.64 bits per heavy atom. The summed E-state index contributed by atoms with van der Waals surface area (Å²) in [6.07, 6.45) is 15.5. The molecule has 1 amide bonds. The van der Waals surface area contributed by atoms with Crippen LogP contribution in [0.4, 0.5) is 5.69 Å². The molecule has 1 aliphatic heterocycles. The molecule has 50 heavy (non-hydrogen) atoms. The van der Waals surface area contributed by atoms with Gasteiger partial charge in [0.05, 0.1) is 12.2 Å². The largest absolute Gasteiger partial charge is 0.481 e. The Morgan fingerprint density at radius 1 is 0.940 bits per heavy atom. The van der Waals surface area contributed by atoms with Crippen LogP contribution in [-0.2, 0) is 36.5 Å². The van der Waals surface area contributed by atoms with E-state index in [4.69, 9.17) is 9.66 Å². The number of anilines is 1. The molecular formula is C37H44N3O8S2+. The molecule has 0 spiro atoms. The molecule has 1 atom stereocenters. The van der Waals surface area contributed by atoms with E-state index in [9.17, 15) is 27.9 Å². The lowest BCUT2D eigenvalue weighted by atomic mass is 9.84. The van der Waals surface area contributed by atoms with Gasteiger partial charge in [0, 0.05) is 48.3 Å². The van der Waals surface area contributed by atoms with Gasteiger partial charge in [-0.05, 0) is 43.0 Å². The van der Waals surface area contributed by atoms with Crippen molar-refractivity contribution < 1.29 is 42.1 Å². The van der Waals surface area contributed by atoms with Crippen molar-refractivity contribution in [2.24, 2.45) is 0 Å². The molecule has 13 heteroatoms. The van der Waals surface area contributed by atoms with Crippen molar-refractivity contribution in [1.82, 2.24) is 5.32 Å². The quantitative estimate of drug-likeness (QED) is 0.0543. The summed E-state index contributed by atoms with van der Waals surface area (Å²) in [4.78, 5) is 36.8. The van der Waals surface area contributed by atoms with E-state index in [1.807, 2.05) is 66.8 Å². The number of amides is 1. The molecule has 0 bridgehead atoms. The lowest BCUT2D eigenvalue weighted by Crippen LogP contribution is -2.42. The zero-order valence-corrected chi connectivity index (χ0v) is 29.8. The first-order chi connectivity index (χ1) is 23.8. The Kier molecular flexibility index (Phi) is 13.3. The van der Waals surface area contributed by atoms with E-state index in [2.05, 4.69) is 52.9 Å². The number of hydrogen-bond donors (Lipinski definition) is 4. The van der Waals surface area contributed by atoms with Gasteiger partial charge in [-0.15, -0.1) is 0 Å². The van der Waals surface area contributed by atoms with Crippen LogP contribution < -0.4 is 14.8 Å². The fourth-order valence-electron chi connectivity index (χ4n) is 6.02. The second-order valence-corrected chi connectivity index (χ2v) is 15.2. The topological polar surface area (TPSA) is 165 Å². The lowest BCUT2D eigenvalue weighted by molar-refractivity contribution is -0.669. The highest BCUT2D eigenvalue weighted by molar-refractivity contribution is 7.85. The standard InChI is InChI=1S/C37H43N3O8S2/c1-37(2)27-16-8-9-17-29(27)39(23-13-12-21-33(41)38-28(36(44)45)26-35(42)43)32(37)20-6-4-3-5-7-22-34-40(24-14-15-25-50(46,47)48)30-18-10-11-19-31(30)49-34/h3-11,16-20,22,28H,12-15,21,23-26H2,1-2H3,(H3-,38,41,42,43,44,45,46,47,48)/p+1. The van der Waals surface area contributed by atoms with Crippen molar-refractivity contribution in [2.45, 2.75) is 70.4 Å². The minimum atomic E-state index is -3.97. The molecule has 1 unspecified atom stereocenters. The number of nitrogens with one attached hydrogen (secondary N) is 1. The third kappa shape index (κ3) is 10.5. The third-order valence-electron chi connectivity index (χ3n) is 8.45. The maximum Gasteiger partial charge on any atom is 0.326 e. The van der Waals surface area contributed by atoms with Crippen LogP contribution in [0.3, 0.4) is 0 Å². The molecule has 1 aliphatic rings. The van der Waals surface area contributed by atoms with Crippen LogP contribution in [0, 0.1) is 0 Å². The molecule has 0 saturated heterocycles. The van der Waals surface area contributed by atoms with Crippen molar-refractivity contribution >= 4 is 61.3 Å². The zero-order chi connectivity index (χ0) is 36.3. The fourth-order valence-corrected chi connectivity index (χ4v) is 7.69. The number of aryl methyl sites for hydroxylation is 1. The van der Waals surface area contributed by atoms with Crippen LogP contribution >= 0.6 is 11.3 Å². The summed E-state index contributed by atoms with van der Waals surface area (Å²) in [5, 5.41) is 21.4. The predicted octanol–water partition coefficient (Wildman–Crippen LogP) is 5.88. The highest BCUT2D eigenvalue weighted by atomic mass is 32.2. The number of nitrogens with zero attached hydrogens (tertiary/aromatic N) is 2. The van der Waals surface area contributed by atoms with Gasteiger partial charge in [0.25, 0.3) is 15.1 Å². The number of para-hydroxylation sites is 2. The number of allylic oxidation sites excluding steroid dienone is 7. The van der Waals surface area contributed by atoms with E-state index in [0.29, 0.717) is 38.8 Å². The molecule has 3 aromatic rings. The highest BCUT2D eigenvalue weighted by Gasteiger charge is 2.39. The monoisotopic (exact) mass is 722 g/mol. The second-order valence-electron chi connectivity index (χ2n) is 12.5. The number of rotatable bonds is 18. The van der Waals surface area contributed by atoms with Gasteiger partial charge in [-0.3, -0.25) is 14.1 Å². The molecule has 0 fully saturated rings. The van der Waals surface area contributed by atoms with Gasteiger partial charge in [-0.1, -0.05) is 85.9 Å². The number of carbonyl (C=O) groups excluding carboxylic acids is 1. The first-order valence-electron chi connectivity index (χ1n) is 16.5. The Balaban J connectivity index is 1.39. The smallest absolute Gasteiger partial charge is 0.326 e. The van der Waals surface area contributed by atoms with Gasteiger partial charge in [0.2, 0.25) is 11.4 Å². The minimum absolute atomic E-state index is 0.0923. The number of fused-ring (bicyclic) bond motifs is 2. The summed E-state index contributed by atoms with van der Waals surface area (Å²) in [7, 11) is -3.97. The summed E-state index contributed by atoms with van der Waals surface area (Å²) in [6.45, 7) is 5.63. The van der Waals surface area contributed by atoms with Crippen LogP contribution in [0.15, 0.2) is 90.7 Å². The van der Waals surface area contributed by atoms with Crippen LogP contribution in [0.2, 0.25) is 0 Å². The molecule has 266 valence electrons. The van der Waals surface area contributed by atoms with Crippen molar-refractivity contribution in [3.05, 3.63) is 101 Å². The normalized spacial score (nSPS) is 15.8. The number of hydrogen-bond acceptors (Lipinski definition) is 7. The van der Waals surface area contributed by atoms with Crippen molar-refractivity contribution in [3.63, 3.8) is 0 Å². The van der Waals surface area contributed by atoms with Crippen LogP contribution in [-0.4, -0.2) is 59.4 Å². The summed E-state index contributed by atoms with van der Waals surface area (Å²) >= 11 is 1.66. The number of aliphatic carboxylic acids is 2. The van der Waals surface area contributed by atoms with Gasteiger partial charge < -0.3 is 20.4 Å². The first-order valence-corrected chi connectivity index (χ1v) is 18.9. The van der Waals surface area contributed by atoms with Gasteiger partial charge in [0.15, 0.2) is 6.54 Å². The maximum absolute atomic E-state index is 12.3. The van der Waals surface area contributed by atoms with E-state index in [0.717, 1.165) is 26.6 Å². The highest BCUT2D eigenvalue weighted by Crippen LogP contribution is 2.47. The predicted molar refractivity (Wildman–Crippen MR) is 196 cm³/mol. The molecule has 4 rings (SSSR count). The lowest BCUT2D eigenvalue weighted by Gasteiger charge is -2.27. The first kappa shape index (κ1) is 38.2. The molecule has 0 aliphatic carbocycles. The van der Waals surface area contributed by atoms with E-state index >= 15 is 0 Å². The Bertz CT molecular complexity index is 1920. The molecule has 11 nitrogen and oxygen atoms in total. The van der Waals surface area contributed by atoms with Crippen molar-refractivity contribution in [2.75, 3.05) is 17.2 Å². The molecule has 4 N–H and O–H groups in total. The average molecular weight is 723 g/mol. The Hall–Kier alpha value is -4.59. The Labute approximate surface area is 296 Å².